The quantitative estimate of drug-likeness (QED) is 0.676. The van der Waals surface area contributed by atoms with Crippen LogP contribution in [0.25, 0.3) is 5.57 Å². The van der Waals surface area contributed by atoms with Crippen LogP contribution in [0.5, 0.6) is 0 Å². The molecule has 1 aliphatic heterocycles. The molecule has 0 saturated carbocycles. The van der Waals surface area contributed by atoms with E-state index in [1.807, 2.05) is 0 Å². The lowest BCUT2D eigenvalue weighted by Gasteiger charge is -2.27. The first kappa shape index (κ1) is 14.9. The first-order valence-corrected chi connectivity index (χ1v) is 7.91. The molecule has 1 heteroatoms. The Morgan fingerprint density at radius 1 is 1.20 bits per heavy atom. The van der Waals surface area contributed by atoms with E-state index >= 15 is 0 Å². The molecule has 108 valence electrons. The number of fused-ring (bicyclic) bond motifs is 2. The fourth-order valence-corrected chi connectivity index (χ4v) is 3.12. The summed E-state index contributed by atoms with van der Waals surface area (Å²) in [5.41, 5.74) is 6.96. The van der Waals surface area contributed by atoms with Gasteiger partial charge in [0.15, 0.2) is 0 Å². The summed E-state index contributed by atoms with van der Waals surface area (Å²) in [6, 6.07) is 6.95. The van der Waals surface area contributed by atoms with Crippen LogP contribution in [0.15, 0.2) is 36.6 Å². The van der Waals surface area contributed by atoms with E-state index in [1.165, 1.54) is 47.2 Å². The molecule has 0 fully saturated rings. The Morgan fingerprint density at radius 2 is 2.00 bits per heavy atom. The largest absolute Gasteiger partial charge is 0.370 e. The minimum Gasteiger partial charge on any atom is -0.370 e. The van der Waals surface area contributed by atoms with Crippen LogP contribution in [0.2, 0.25) is 0 Å². The fourth-order valence-electron chi connectivity index (χ4n) is 3.12. The smallest absolute Gasteiger partial charge is 0.0426 e. The van der Waals surface area contributed by atoms with Crippen LogP contribution < -0.4 is 0 Å². The molecule has 0 atom stereocenters. The van der Waals surface area contributed by atoms with Crippen molar-refractivity contribution in [3.63, 3.8) is 0 Å². The molecule has 1 aromatic rings. The normalized spacial score (nSPS) is 14.4. The maximum Gasteiger partial charge on any atom is 0.0426 e. The van der Waals surface area contributed by atoms with Crippen LogP contribution in [0.3, 0.4) is 0 Å². The maximum absolute atomic E-state index is 4.08. The van der Waals surface area contributed by atoms with E-state index in [0.717, 1.165) is 19.5 Å². The van der Waals surface area contributed by atoms with E-state index in [9.17, 15) is 0 Å². The molecule has 2 bridgehead atoms. The first-order valence-electron chi connectivity index (χ1n) is 7.91. The van der Waals surface area contributed by atoms with Crippen molar-refractivity contribution < 1.29 is 0 Å². The Morgan fingerprint density at radius 3 is 2.65 bits per heavy atom. The van der Waals surface area contributed by atoms with Crippen molar-refractivity contribution in [1.82, 2.24) is 4.90 Å². The van der Waals surface area contributed by atoms with Crippen LogP contribution in [0.1, 0.15) is 56.2 Å². The summed E-state index contributed by atoms with van der Waals surface area (Å²) in [5, 5.41) is 0. The summed E-state index contributed by atoms with van der Waals surface area (Å²) >= 11 is 0. The van der Waals surface area contributed by atoms with Crippen molar-refractivity contribution in [3.05, 3.63) is 53.2 Å². The molecule has 2 rings (SSSR count). The zero-order chi connectivity index (χ0) is 14.5. The number of aryl methyl sites for hydroxylation is 1. The van der Waals surface area contributed by atoms with Gasteiger partial charge in [-0.3, -0.25) is 0 Å². The zero-order valence-corrected chi connectivity index (χ0v) is 13.2. The Bertz CT molecular complexity index is 510. The van der Waals surface area contributed by atoms with Crippen molar-refractivity contribution >= 4 is 5.57 Å². The monoisotopic (exact) mass is 269 g/mol. The second kappa shape index (κ2) is 6.78. The van der Waals surface area contributed by atoms with Gasteiger partial charge in [-0.05, 0) is 43.4 Å². The van der Waals surface area contributed by atoms with Gasteiger partial charge in [0, 0.05) is 24.4 Å². The number of rotatable bonds is 6. The molecular weight excluding hydrogens is 242 g/mol. The molecule has 1 nitrogen and oxygen atoms in total. The van der Waals surface area contributed by atoms with Gasteiger partial charge in [-0.1, -0.05) is 50.6 Å². The van der Waals surface area contributed by atoms with Gasteiger partial charge in [0.05, 0.1) is 0 Å². The summed E-state index contributed by atoms with van der Waals surface area (Å²) in [4.78, 5) is 2.56. The van der Waals surface area contributed by atoms with E-state index < -0.39 is 0 Å². The Labute approximate surface area is 124 Å². The average Bonchev–Trinajstić information content (AvgIpc) is 2.51. The van der Waals surface area contributed by atoms with E-state index in [1.54, 1.807) is 0 Å². The molecule has 0 saturated heterocycles. The van der Waals surface area contributed by atoms with Gasteiger partial charge in [-0.2, -0.15) is 0 Å². The summed E-state index contributed by atoms with van der Waals surface area (Å²) in [6.45, 7) is 13.0. The van der Waals surface area contributed by atoms with Crippen molar-refractivity contribution in [2.24, 2.45) is 0 Å². The van der Waals surface area contributed by atoms with Gasteiger partial charge in [-0.25, -0.2) is 0 Å². The number of hydrogen-bond acceptors (Lipinski definition) is 1. The third-order valence-corrected chi connectivity index (χ3v) is 3.98. The van der Waals surface area contributed by atoms with Crippen molar-refractivity contribution in [1.29, 1.82) is 0 Å². The highest BCUT2D eigenvalue weighted by Crippen LogP contribution is 2.32. The molecule has 0 radical (unpaired) electrons. The van der Waals surface area contributed by atoms with Crippen molar-refractivity contribution in [2.75, 3.05) is 6.54 Å². The van der Waals surface area contributed by atoms with Gasteiger partial charge in [-0.15, -0.1) is 0 Å². The second-order valence-corrected chi connectivity index (χ2v) is 5.80. The summed E-state index contributed by atoms with van der Waals surface area (Å²) in [7, 11) is 0. The fraction of sp³-hybridized carbons (Fsp3) is 0.474. The zero-order valence-electron chi connectivity index (χ0n) is 13.2. The van der Waals surface area contributed by atoms with Crippen LogP contribution in [0, 0.1) is 6.92 Å². The van der Waals surface area contributed by atoms with E-state index in [0.29, 0.717) is 0 Å². The number of unbranched alkanes of at least 4 members (excludes halogenated alkanes) is 1. The van der Waals surface area contributed by atoms with Gasteiger partial charge in [0.25, 0.3) is 0 Å². The number of hydrogen-bond donors (Lipinski definition) is 0. The van der Waals surface area contributed by atoms with Gasteiger partial charge in [0.1, 0.15) is 0 Å². The number of allylic oxidation sites excluding steroid dienone is 3. The predicted molar refractivity (Wildman–Crippen MR) is 88.5 cm³/mol. The minimum atomic E-state index is 1.04. The van der Waals surface area contributed by atoms with Crippen LogP contribution in [-0.2, 0) is 6.54 Å². The Hall–Kier alpha value is -1.50. The summed E-state index contributed by atoms with van der Waals surface area (Å²) < 4.78 is 0. The van der Waals surface area contributed by atoms with E-state index in [4.69, 9.17) is 0 Å². The minimum absolute atomic E-state index is 1.04. The maximum atomic E-state index is 4.08. The molecule has 1 aliphatic rings. The summed E-state index contributed by atoms with van der Waals surface area (Å²) in [5.74, 6) is 0. The summed E-state index contributed by atoms with van der Waals surface area (Å²) in [6.07, 6.45) is 6.90. The Balaban J connectivity index is 2.50. The molecule has 0 unspecified atom stereocenters. The number of nitrogens with zero attached hydrogens (tertiary/aromatic N) is 1. The molecule has 20 heavy (non-hydrogen) atoms. The molecule has 0 N–H and O–H groups in total. The second-order valence-electron chi connectivity index (χ2n) is 5.80. The van der Waals surface area contributed by atoms with Gasteiger partial charge >= 0.3 is 0 Å². The van der Waals surface area contributed by atoms with Gasteiger partial charge in [0.2, 0.25) is 0 Å². The third kappa shape index (κ3) is 3.15. The van der Waals surface area contributed by atoms with E-state index in [-0.39, 0.29) is 0 Å². The van der Waals surface area contributed by atoms with Crippen LogP contribution in [0.4, 0.5) is 0 Å². The lowest BCUT2D eigenvalue weighted by molar-refractivity contribution is 0.326. The lowest BCUT2D eigenvalue weighted by atomic mass is 9.99. The molecule has 0 aliphatic carbocycles. The number of benzene rings is 1. The highest BCUT2D eigenvalue weighted by Gasteiger charge is 2.18. The molecule has 1 heterocycles. The van der Waals surface area contributed by atoms with Crippen LogP contribution in [-0.4, -0.2) is 11.4 Å². The molecule has 0 amide bonds. The third-order valence-electron chi connectivity index (χ3n) is 3.98. The highest BCUT2D eigenvalue weighted by molar-refractivity contribution is 5.77. The van der Waals surface area contributed by atoms with Crippen LogP contribution >= 0.6 is 0 Å². The predicted octanol–water partition coefficient (Wildman–Crippen LogP) is 5.31. The van der Waals surface area contributed by atoms with Crippen molar-refractivity contribution in [2.45, 2.75) is 53.0 Å². The average molecular weight is 269 g/mol. The molecule has 1 aromatic carbocycles. The highest BCUT2D eigenvalue weighted by atomic mass is 15.1. The topological polar surface area (TPSA) is 3.24 Å². The molecule has 0 aromatic heterocycles. The standard InChI is InChI=1S/C19H27N/c1-5-8-9-19-18(7-3)17-12-15(4)11-16(13-17)14-20(19)10-6-2/h7,11-13H,3,5-6,8-10,14H2,1-2,4H3. The Kier molecular flexibility index (Phi) is 5.05. The first-order chi connectivity index (χ1) is 9.69. The van der Waals surface area contributed by atoms with Gasteiger partial charge < -0.3 is 4.90 Å². The lowest BCUT2D eigenvalue weighted by Crippen LogP contribution is -2.23. The SMILES string of the molecule is C=CC1=C(CCCC)N(CCC)Cc2cc(C)cc1c2. The van der Waals surface area contributed by atoms with Crippen molar-refractivity contribution in [3.8, 4) is 0 Å². The molecule has 0 spiro atoms. The molecular formula is C19H27N. The van der Waals surface area contributed by atoms with E-state index in [2.05, 4.69) is 56.5 Å².